The van der Waals surface area contributed by atoms with Crippen molar-refractivity contribution in [3.8, 4) is 5.75 Å². The minimum absolute atomic E-state index is 0.0588. The predicted molar refractivity (Wildman–Crippen MR) is 67.5 cm³/mol. The van der Waals surface area contributed by atoms with Gasteiger partial charge in [-0.25, -0.2) is 4.39 Å². The molecule has 1 amide bonds. The van der Waals surface area contributed by atoms with Crippen LogP contribution in [0.4, 0.5) is 10.1 Å². The Morgan fingerprint density at radius 2 is 1.83 bits per heavy atom. The Balaban J connectivity index is 2.16. The predicted octanol–water partition coefficient (Wildman–Crippen LogP) is 3.44. The fourth-order valence-corrected chi connectivity index (χ4v) is 1.57. The summed E-state index contributed by atoms with van der Waals surface area (Å²) in [6.07, 6.45) is 0. The third-order valence-electron chi connectivity index (χ3n) is 2.31. The summed E-state index contributed by atoms with van der Waals surface area (Å²) in [6, 6.07) is 9.50. The first-order chi connectivity index (χ1) is 8.56. The average molecular weight is 266 g/mol. The maximum Gasteiger partial charge on any atom is 0.255 e. The molecular weight excluding hydrogens is 257 g/mol. The number of hydrogen-bond donors (Lipinski definition) is 2. The third kappa shape index (κ3) is 2.78. The van der Waals surface area contributed by atoms with Gasteiger partial charge in [0.25, 0.3) is 5.91 Å². The molecule has 0 saturated heterocycles. The smallest absolute Gasteiger partial charge is 0.255 e. The maximum atomic E-state index is 12.7. The van der Waals surface area contributed by atoms with Crippen molar-refractivity contribution in [1.29, 1.82) is 0 Å². The van der Waals surface area contributed by atoms with Gasteiger partial charge < -0.3 is 10.4 Å². The van der Waals surface area contributed by atoms with Gasteiger partial charge in [0.2, 0.25) is 0 Å². The van der Waals surface area contributed by atoms with Gasteiger partial charge >= 0.3 is 0 Å². The molecule has 5 heteroatoms. The Bertz CT molecular complexity index is 584. The molecule has 2 rings (SSSR count). The van der Waals surface area contributed by atoms with Crippen LogP contribution in [0.15, 0.2) is 42.5 Å². The van der Waals surface area contributed by atoms with Gasteiger partial charge in [-0.3, -0.25) is 4.79 Å². The van der Waals surface area contributed by atoms with Gasteiger partial charge in [-0.1, -0.05) is 11.6 Å². The minimum Gasteiger partial charge on any atom is -0.506 e. The van der Waals surface area contributed by atoms with Gasteiger partial charge in [0.15, 0.2) is 0 Å². The van der Waals surface area contributed by atoms with Crippen molar-refractivity contribution in [2.45, 2.75) is 0 Å². The molecule has 0 saturated carbocycles. The molecule has 2 N–H and O–H groups in total. The second-order valence-electron chi connectivity index (χ2n) is 3.63. The molecule has 0 fully saturated rings. The summed E-state index contributed by atoms with van der Waals surface area (Å²) in [5.41, 5.74) is 0.785. The third-order valence-corrected chi connectivity index (χ3v) is 2.61. The highest BCUT2D eigenvalue weighted by molar-refractivity contribution is 6.32. The zero-order chi connectivity index (χ0) is 13.1. The van der Waals surface area contributed by atoms with Gasteiger partial charge in [0, 0.05) is 11.3 Å². The average Bonchev–Trinajstić information content (AvgIpc) is 2.34. The molecule has 0 atom stereocenters. The molecule has 0 radical (unpaired) electrons. The SMILES string of the molecule is O=C(Nc1ccc(O)c(Cl)c1)c1ccc(F)cc1. The number of rotatable bonds is 2. The quantitative estimate of drug-likeness (QED) is 0.817. The zero-order valence-corrected chi connectivity index (χ0v) is 9.91. The molecule has 18 heavy (non-hydrogen) atoms. The van der Waals surface area contributed by atoms with Gasteiger partial charge in [0.05, 0.1) is 5.02 Å². The molecule has 0 aliphatic carbocycles. The van der Waals surface area contributed by atoms with Crippen LogP contribution in [0.2, 0.25) is 5.02 Å². The monoisotopic (exact) mass is 265 g/mol. The Labute approximate surface area is 108 Å². The van der Waals surface area contributed by atoms with E-state index in [9.17, 15) is 14.3 Å². The van der Waals surface area contributed by atoms with Crippen molar-refractivity contribution in [2.24, 2.45) is 0 Å². The van der Waals surface area contributed by atoms with E-state index in [0.717, 1.165) is 0 Å². The molecule has 0 spiro atoms. The molecule has 2 aromatic rings. The van der Waals surface area contributed by atoms with Crippen LogP contribution in [0.1, 0.15) is 10.4 Å². The van der Waals surface area contributed by atoms with E-state index in [-0.39, 0.29) is 16.7 Å². The zero-order valence-electron chi connectivity index (χ0n) is 9.15. The summed E-state index contributed by atoms with van der Waals surface area (Å²) in [5, 5.41) is 12.0. The number of phenolic OH excluding ortho intramolecular Hbond substituents is 1. The van der Waals surface area contributed by atoms with E-state index in [1.807, 2.05) is 0 Å². The molecule has 0 unspecified atom stereocenters. The van der Waals surface area contributed by atoms with Crippen LogP contribution in [0.25, 0.3) is 0 Å². The lowest BCUT2D eigenvalue weighted by atomic mass is 10.2. The van der Waals surface area contributed by atoms with E-state index in [0.29, 0.717) is 11.3 Å². The Hall–Kier alpha value is -2.07. The van der Waals surface area contributed by atoms with Crippen molar-refractivity contribution >= 4 is 23.2 Å². The molecule has 0 aliphatic heterocycles. The van der Waals surface area contributed by atoms with Crippen LogP contribution < -0.4 is 5.32 Å². The number of benzene rings is 2. The highest BCUT2D eigenvalue weighted by atomic mass is 35.5. The summed E-state index contributed by atoms with van der Waals surface area (Å²) in [5.74, 6) is -0.840. The first-order valence-corrected chi connectivity index (χ1v) is 5.49. The first kappa shape index (κ1) is 12.4. The standard InChI is InChI=1S/C13H9ClFNO2/c14-11-7-10(5-6-12(11)17)16-13(18)8-1-3-9(15)4-2-8/h1-7,17H,(H,16,18). The molecule has 0 bridgehead atoms. The molecular formula is C13H9ClFNO2. The summed E-state index contributed by atoms with van der Waals surface area (Å²) < 4.78 is 12.7. The molecule has 3 nitrogen and oxygen atoms in total. The number of nitrogens with one attached hydrogen (secondary N) is 1. The van der Waals surface area contributed by atoms with E-state index in [4.69, 9.17) is 11.6 Å². The fraction of sp³-hybridized carbons (Fsp3) is 0. The Morgan fingerprint density at radius 1 is 1.17 bits per heavy atom. The van der Waals surface area contributed by atoms with Crippen LogP contribution in [-0.2, 0) is 0 Å². The summed E-state index contributed by atoms with van der Waals surface area (Å²) in [7, 11) is 0. The number of aromatic hydroxyl groups is 1. The largest absolute Gasteiger partial charge is 0.506 e. The van der Waals surface area contributed by atoms with Crippen molar-refractivity contribution in [2.75, 3.05) is 5.32 Å². The van der Waals surface area contributed by atoms with Crippen LogP contribution in [-0.4, -0.2) is 11.0 Å². The number of hydrogen-bond acceptors (Lipinski definition) is 2. The van der Waals surface area contributed by atoms with Crippen molar-refractivity contribution in [1.82, 2.24) is 0 Å². The lowest BCUT2D eigenvalue weighted by molar-refractivity contribution is 0.102. The topological polar surface area (TPSA) is 49.3 Å². The molecule has 92 valence electrons. The van der Waals surface area contributed by atoms with E-state index in [2.05, 4.69) is 5.32 Å². The van der Waals surface area contributed by atoms with E-state index >= 15 is 0 Å². The summed E-state index contributed by atoms with van der Waals surface area (Å²) in [4.78, 5) is 11.8. The second kappa shape index (κ2) is 5.06. The maximum absolute atomic E-state index is 12.7. The number of amides is 1. The van der Waals surface area contributed by atoms with Gasteiger partial charge in [-0.15, -0.1) is 0 Å². The van der Waals surface area contributed by atoms with Crippen LogP contribution in [0.3, 0.4) is 0 Å². The van der Waals surface area contributed by atoms with Gasteiger partial charge in [-0.2, -0.15) is 0 Å². The second-order valence-corrected chi connectivity index (χ2v) is 4.03. The van der Waals surface area contributed by atoms with Crippen molar-refractivity contribution in [3.63, 3.8) is 0 Å². The molecule has 0 heterocycles. The molecule has 0 aliphatic rings. The first-order valence-electron chi connectivity index (χ1n) is 5.12. The summed E-state index contributed by atoms with van der Waals surface area (Å²) in [6.45, 7) is 0. The van der Waals surface area contributed by atoms with Gasteiger partial charge in [0.1, 0.15) is 11.6 Å². The fourth-order valence-electron chi connectivity index (χ4n) is 1.39. The number of anilines is 1. The minimum atomic E-state index is -0.403. The lowest BCUT2D eigenvalue weighted by Gasteiger charge is -2.06. The number of carbonyl (C=O) groups is 1. The van der Waals surface area contributed by atoms with Crippen LogP contribution in [0.5, 0.6) is 5.75 Å². The van der Waals surface area contributed by atoms with Crippen molar-refractivity contribution < 1.29 is 14.3 Å². The highest BCUT2D eigenvalue weighted by Crippen LogP contribution is 2.26. The number of phenols is 1. The van der Waals surface area contributed by atoms with E-state index in [1.54, 1.807) is 0 Å². The molecule has 0 aromatic heterocycles. The van der Waals surface area contributed by atoms with E-state index in [1.165, 1.54) is 42.5 Å². The summed E-state index contributed by atoms with van der Waals surface area (Å²) >= 11 is 5.71. The van der Waals surface area contributed by atoms with Crippen LogP contribution in [0, 0.1) is 5.82 Å². The Kier molecular flexibility index (Phi) is 3.48. The van der Waals surface area contributed by atoms with Gasteiger partial charge in [-0.05, 0) is 42.5 Å². The molecule has 2 aromatic carbocycles. The lowest BCUT2D eigenvalue weighted by Crippen LogP contribution is -2.11. The van der Waals surface area contributed by atoms with E-state index < -0.39 is 5.82 Å². The highest BCUT2D eigenvalue weighted by Gasteiger charge is 2.07. The Morgan fingerprint density at radius 3 is 2.44 bits per heavy atom. The number of carbonyl (C=O) groups excluding carboxylic acids is 1. The number of halogens is 2. The van der Waals surface area contributed by atoms with Crippen LogP contribution >= 0.6 is 11.6 Å². The normalized spacial score (nSPS) is 10.1. The van der Waals surface area contributed by atoms with Crippen molar-refractivity contribution in [3.05, 3.63) is 58.9 Å².